The predicted molar refractivity (Wildman–Crippen MR) is 83.4 cm³/mol. The van der Waals surface area contributed by atoms with Gasteiger partial charge in [-0.05, 0) is 43.2 Å². The summed E-state index contributed by atoms with van der Waals surface area (Å²) in [6, 6.07) is 10.8. The molecule has 0 spiro atoms. The topological polar surface area (TPSA) is 35.2 Å². The van der Waals surface area contributed by atoms with Crippen LogP contribution >= 0.6 is 11.3 Å². The number of aryl methyl sites for hydroxylation is 2. The molecule has 0 fully saturated rings. The van der Waals surface area contributed by atoms with Gasteiger partial charge in [-0.15, -0.1) is 11.3 Å². The predicted octanol–water partition coefficient (Wildman–Crippen LogP) is 4.01. The number of hydrogen-bond acceptors (Lipinski definition) is 3. The van der Waals surface area contributed by atoms with Gasteiger partial charge in [0.05, 0.1) is 4.70 Å². The Labute approximate surface area is 116 Å². The lowest BCUT2D eigenvalue weighted by atomic mass is 10.1. The van der Waals surface area contributed by atoms with Crippen molar-refractivity contribution < 1.29 is 4.74 Å². The Balaban J connectivity index is 2.27. The molecular formula is C16H17NOS. The van der Waals surface area contributed by atoms with E-state index < -0.39 is 0 Å². The van der Waals surface area contributed by atoms with Crippen molar-refractivity contribution in [2.75, 3.05) is 13.2 Å². The normalized spacial score (nSPS) is 11.3. The van der Waals surface area contributed by atoms with Gasteiger partial charge in [-0.3, -0.25) is 0 Å². The Morgan fingerprint density at radius 3 is 2.68 bits per heavy atom. The second-order valence-corrected chi connectivity index (χ2v) is 5.86. The summed E-state index contributed by atoms with van der Waals surface area (Å²) in [6.45, 7) is 5.42. The van der Waals surface area contributed by atoms with Crippen molar-refractivity contribution in [2.45, 2.75) is 13.8 Å². The van der Waals surface area contributed by atoms with Crippen LogP contribution in [0.5, 0.6) is 5.75 Å². The summed E-state index contributed by atoms with van der Waals surface area (Å²) in [7, 11) is 0. The molecule has 0 atom stereocenters. The van der Waals surface area contributed by atoms with Crippen LogP contribution in [0.2, 0.25) is 0 Å². The molecule has 19 heavy (non-hydrogen) atoms. The lowest BCUT2D eigenvalue weighted by molar-refractivity contribution is 0.332. The number of ether oxygens (including phenoxy) is 1. The highest BCUT2D eigenvalue weighted by molar-refractivity contribution is 7.26. The molecule has 0 unspecified atom stereocenters. The third-order valence-electron chi connectivity index (χ3n) is 3.45. The minimum atomic E-state index is 0.541. The van der Waals surface area contributed by atoms with E-state index in [2.05, 4.69) is 38.1 Å². The molecule has 1 aromatic heterocycles. The van der Waals surface area contributed by atoms with Crippen LogP contribution < -0.4 is 10.5 Å². The van der Waals surface area contributed by atoms with E-state index in [1.807, 2.05) is 6.07 Å². The maximum atomic E-state index is 5.74. The number of rotatable bonds is 3. The van der Waals surface area contributed by atoms with Gasteiger partial charge in [0.15, 0.2) is 0 Å². The summed E-state index contributed by atoms with van der Waals surface area (Å²) in [4.78, 5) is 0. The Bertz CT molecular complexity index is 745. The molecule has 0 bridgehead atoms. The molecule has 0 saturated carbocycles. The van der Waals surface area contributed by atoms with Gasteiger partial charge in [-0.1, -0.05) is 12.1 Å². The van der Waals surface area contributed by atoms with Crippen LogP contribution in [0.4, 0.5) is 0 Å². The maximum Gasteiger partial charge on any atom is 0.137 e. The largest absolute Gasteiger partial charge is 0.491 e. The molecule has 0 amide bonds. The number of thiophene rings is 1. The SMILES string of the molecule is Cc1cc2sc3c(OCCN)cccc3c2cc1C. The van der Waals surface area contributed by atoms with Crippen molar-refractivity contribution in [3.05, 3.63) is 41.5 Å². The smallest absolute Gasteiger partial charge is 0.137 e. The maximum absolute atomic E-state index is 5.74. The quantitative estimate of drug-likeness (QED) is 0.781. The average Bonchev–Trinajstić information content (AvgIpc) is 2.75. The minimum Gasteiger partial charge on any atom is -0.491 e. The molecule has 98 valence electrons. The van der Waals surface area contributed by atoms with E-state index in [9.17, 15) is 0 Å². The van der Waals surface area contributed by atoms with Crippen molar-refractivity contribution >= 4 is 31.5 Å². The Hall–Kier alpha value is -1.58. The summed E-state index contributed by atoms with van der Waals surface area (Å²) in [5.74, 6) is 0.944. The summed E-state index contributed by atoms with van der Waals surface area (Å²) >= 11 is 1.80. The number of hydrogen-bond donors (Lipinski definition) is 1. The molecular weight excluding hydrogens is 254 g/mol. The van der Waals surface area contributed by atoms with E-state index in [1.54, 1.807) is 11.3 Å². The highest BCUT2D eigenvalue weighted by Crippen LogP contribution is 2.40. The van der Waals surface area contributed by atoms with Gasteiger partial charge in [-0.2, -0.15) is 0 Å². The van der Waals surface area contributed by atoms with Crippen molar-refractivity contribution in [1.82, 2.24) is 0 Å². The lowest BCUT2D eigenvalue weighted by Gasteiger charge is -2.05. The lowest BCUT2D eigenvalue weighted by Crippen LogP contribution is -2.10. The summed E-state index contributed by atoms with van der Waals surface area (Å²) < 4.78 is 8.28. The highest BCUT2D eigenvalue weighted by atomic mass is 32.1. The van der Waals surface area contributed by atoms with Crippen LogP contribution in [0.25, 0.3) is 20.2 Å². The van der Waals surface area contributed by atoms with E-state index >= 15 is 0 Å². The zero-order valence-electron chi connectivity index (χ0n) is 11.2. The molecule has 2 N–H and O–H groups in total. The molecule has 3 aromatic rings. The van der Waals surface area contributed by atoms with Crippen LogP contribution in [-0.4, -0.2) is 13.2 Å². The molecule has 3 rings (SSSR count). The van der Waals surface area contributed by atoms with Crippen LogP contribution in [-0.2, 0) is 0 Å². The minimum absolute atomic E-state index is 0.541. The van der Waals surface area contributed by atoms with E-state index in [0.29, 0.717) is 13.2 Å². The van der Waals surface area contributed by atoms with E-state index in [-0.39, 0.29) is 0 Å². The summed E-state index contributed by atoms with van der Waals surface area (Å²) in [6.07, 6.45) is 0. The first-order valence-corrected chi connectivity index (χ1v) is 7.27. The molecule has 3 heteroatoms. The highest BCUT2D eigenvalue weighted by Gasteiger charge is 2.10. The second-order valence-electron chi connectivity index (χ2n) is 4.80. The standard InChI is InChI=1S/C16H17NOS/c1-10-8-13-12-4-3-5-14(18-7-6-17)16(12)19-15(13)9-11(10)2/h3-5,8-9H,6-7,17H2,1-2H3. The van der Waals surface area contributed by atoms with E-state index in [4.69, 9.17) is 10.5 Å². The third kappa shape index (κ3) is 2.09. The Morgan fingerprint density at radius 1 is 1.11 bits per heavy atom. The number of benzene rings is 2. The van der Waals surface area contributed by atoms with E-state index in [1.165, 1.54) is 31.3 Å². The number of fused-ring (bicyclic) bond motifs is 3. The van der Waals surface area contributed by atoms with Crippen molar-refractivity contribution in [2.24, 2.45) is 5.73 Å². The fraction of sp³-hybridized carbons (Fsp3) is 0.250. The first kappa shape index (κ1) is 12.5. The molecule has 0 radical (unpaired) electrons. The molecule has 0 aliphatic carbocycles. The van der Waals surface area contributed by atoms with Crippen LogP contribution in [0.15, 0.2) is 30.3 Å². The van der Waals surface area contributed by atoms with Gasteiger partial charge >= 0.3 is 0 Å². The summed E-state index contributed by atoms with van der Waals surface area (Å²) in [5.41, 5.74) is 8.18. The molecule has 0 saturated heterocycles. The molecule has 0 aliphatic rings. The molecule has 0 aliphatic heterocycles. The molecule has 1 heterocycles. The van der Waals surface area contributed by atoms with Crippen molar-refractivity contribution in [3.63, 3.8) is 0 Å². The number of nitrogens with two attached hydrogens (primary N) is 1. The van der Waals surface area contributed by atoms with Crippen LogP contribution in [0.3, 0.4) is 0 Å². The molecule has 2 nitrogen and oxygen atoms in total. The summed E-state index contributed by atoms with van der Waals surface area (Å²) in [5, 5.41) is 2.60. The third-order valence-corrected chi connectivity index (χ3v) is 4.64. The van der Waals surface area contributed by atoms with Gasteiger partial charge in [0, 0.05) is 22.0 Å². The zero-order valence-corrected chi connectivity index (χ0v) is 12.0. The Kier molecular flexibility index (Phi) is 3.17. The molecule has 2 aromatic carbocycles. The fourth-order valence-corrected chi connectivity index (χ4v) is 3.56. The van der Waals surface area contributed by atoms with Gasteiger partial charge in [-0.25, -0.2) is 0 Å². The van der Waals surface area contributed by atoms with Crippen molar-refractivity contribution in [1.29, 1.82) is 0 Å². The fourth-order valence-electron chi connectivity index (χ4n) is 2.31. The van der Waals surface area contributed by atoms with Gasteiger partial charge < -0.3 is 10.5 Å². The average molecular weight is 271 g/mol. The zero-order chi connectivity index (χ0) is 13.4. The monoisotopic (exact) mass is 271 g/mol. The van der Waals surface area contributed by atoms with Crippen LogP contribution in [0, 0.1) is 13.8 Å². The van der Waals surface area contributed by atoms with Gasteiger partial charge in [0.2, 0.25) is 0 Å². The Morgan fingerprint density at radius 2 is 1.89 bits per heavy atom. The first-order chi connectivity index (χ1) is 9.20. The second kappa shape index (κ2) is 4.83. The van der Waals surface area contributed by atoms with E-state index in [0.717, 1.165) is 5.75 Å². The van der Waals surface area contributed by atoms with Gasteiger partial charge in [0.25, 0.3) is 0 Å². The van der Waals surface area contributed by atoms with Gasteiger partial charge in [0.1, 0.15) is 12.4 Å². The van der Waals surface area contributed by atoms with Crippen LogP contribution in [0.1, 0.15) is 11.1 Å². The first-order valence-electron chi connectivity index (χ1n) is 6.46. The van der Waals surface area contributed by atoms with Crippen molar-refractivity contribution in [3.8, 4) is 5.75 Å².